The highest BCUT2D eigenvalue weighted by Crippen LogP contribution is 2.45. The molecule has 1 nitrogen and oxygen atoms in total. The monoisotopic (exact) mass is 399 g/mol. The van der Waals surface area contributed by atoms with Crippen molar-refractivity contribution < 1.29 is 0 Å². The van der Waals surface area contributed by atoms with Crippen LogP contribution >= 0.6 is 43.2 Å². The molecule has 0 aliphatic heterocycles. The number of benzene rings is 1. The fourth-order valence-electron chi connectivity index (χ4n) is 2.29. The highest BCUT2D eigenvalue weighted by molar-refractivity contribution is 9.11. The third kappa shape index (κ3) is 2.82. The van der Waals surface area contributed by atoms with Crippen LogP contribution in [0.2, 0.25) is 0 Å². The number of aryl methyl sites for hydroxylation is 1. The van der Waals surface area contributed by atoms with Crippen molar-refractivity contribution in [3.05, 3.63) is 43.7 Å². The minimum absolute atomic E-state index is 0.224. The van der Waals surface area contributed by atoms with Gasteiger partial charge in [-0.1, -0.05) is 31.9 Å². The third-order valence-electron chi connectivity index (χ3n) is 3.52. The minimum atomic E-state index is 0.224. The van der Waals surface area contributed by atoms with Crippen LogP contribution < -0.4 is 5.73 Å². The summed E-state index contributed by atoms with van der Waals surface area (Å²) in [5.74, 6) is 0.705. The molecule has 4 heteroatoms. The van der Waals surface area contributed by atoms with Gasteiger partial charge in [-0.3, -0.25) is 0 Å². The molecule has 2 aromatic rings. The summed E-state index contributed by atoms with van der Waals surface area (Å²) in [4.78, 5) is 2.57. The topological polar surface area (TPSA) is 26.0 Å². The normalized spacial score (nSPS) is 16.6. The number of thiophene rings is 1. The van der Waals surface area contributed by atoms with Crippen molar-refractivity contribution in [1.82, 2.24) is 0 Å². The third-order valence-corrected chi connectivity index (χ3v) is 5.97. The first-order chi connectivity index (χ1) is 9.06. The van der Waals surface area contributed by atoms with Crippen LogP contribution in [0, 0.1) is 12.8 Å². The van der Waals surface area contributed by atoms with Crippen molar-refractivity contribution in [2.24, 2.45) is 11.7 Å². The fraction of sp³-hybridized carbons (Fsp3) is 0.333. The maximum Gasteiger partial charge on any atom is 0.0418 e. The van der Waals surface area contributed by atoms with E-state index in [9.17, 15) is 0 Å². The van der Waals surface area contributed by atoms with Gasteiger partial charge in [0.05, 0.1) is 0 Å². The summed E-state index contributed by atoms with van der Waals surface area (Å²) in [6, 6.07) is 8.90. The number of hydrogen-bond acceptors (Lipinski definition) is 2. The van der Waals surface area contributed by atoms with E-state index in [-0.39, 0.29) is 6.04 Å². The number of nitrogens with two attached hydrogens (primary N) is 1. The molecule has 0 radical (unpaired) electrons. The molecule has 1 atom stereocenters. The Labute approximate surface area is 134 Å². The average Bonchev–Trinajstić information content (AvgIpc) is 3.07. The van der Waals surface area contributed by atoms with Crippen LogP contribution in [-0.4, -0.2) is 0 Å². The van der Waals surface area contributed by atoms with E-state index in [2.05, 4.69) is 63.0 Å². The summed E-state index contributed by atoms with van der Waals surface area (Å²) in [7, 11) is 0. The zero-order valence-corrected chi connectivity index (χ0v) is 14.6. The molecule has 100 valence electrons. The summed E-state index contributed by atoms with van der Waals surface area (Å²) in [6.07, 6.45) is 2.57. The summed E-state index contributed by atoms with van der Waals surface area (Å²) in [6.45, 7) is 2.10. The molecular weight excluding hydrogens is 386 g/mol. The van der Waals surface area contributed by atoms with Gasteiger partial charge < -0.3 is 5.73 Å². The fourth-order valence-corrected chi connectivity index (χ4v) is 5.57. The molecule has 1 saturated carbocycles. The molecule has 1 aliphatic rings. The van der Waals surface area contributed by atoms with Gasteiger partial charge in [0.15, 0.2) is 0 Å². The van der Waals surface area contributed by atoms with Crippen LogP contribution in [0.4, 0.5) is 0 Å². The van der Waals surface area contributed by atoms with E-state index in [1.807, 2.05) is 11.3 Å². The van der Waals surface area contributed by atoms with E-state index in [0.29, 0.717) is 5.92 Å². The Morgan fingerprint density at radius 1 is 1.21 bits per heavy atom. The lowest BCUT2D eigenvalue weighted by Crippen LogP contribution is -2.10. The van der Waals surface area contributed by atoms with Gasteiger partial charge in [0.25, 0.3) is 0 Å². The minimum Gasteiger partial charge on any atom is -0.323 e. The SMILES string of the molecule is Cc1cc(Br)c(-c2ccc(C(N)C3CC3)s2)c(Br)c1. The van der Waals surface area contributed by atoms with Crippen LogP contribution in [0.3, 0.4) is 0 Å². The molecule has 1 heterocycles. The molecule has 1 aromatic heterocycles. The Kier molecular flexibility index (Phi) is 3.87. The number of rotatable bonds is 3. The number of hydrogen-bond donors (Lipinski definition) is 1. The van der Waals surface area contributed by atoms with Crippen molar-refractivity contribution in [1.29, 1.82) is 0 Å². The smallest absolute Gasteiger partial charge is 0.0418 e. The van der Waals surface area contributed by atoms with Crippen molar-refractivity contribution in [2.45, 2.75) is 25.8 Å². The molecule has 19 heavy (non-hydrogen) atoms. The second kappa shape index (κ2) is 5.32. The van der Waals surface area contributed by atoms with Crippen LogP contribution in [0.1, 0.15) is 29.3 Å². The van der Waals surface area contributed by atoms with Crippen molar-refractivity contribution in [3.8, 4) is 10.4 Å². The van der Waals surface area contributed by atoms with Crippen molar-refractivity contribution >= 4 is 43.2 Å². The summed E-state index contributed by atoms with van der Waals surface area (Å²) in [5.41, 5.74) is 8.75. The maximum atomic E-state index is 6.28. The lowest BCUT2D eigenvalue weighted by molar-refractivity contribution is 0.645. The first-order valence-corrected chi connectivity index (χ1v) is 8.78. The van der Waals surface area contributed by atoms with Gasteiger partial charge in [0.2, 0.25) is 0 Å². The molecule has 1 aromatic carbocycles. The summed E-state index contributed by atoms with van der Waals surface area (Å²) in [5, 5.41) is 0. The zero-order chi connectivity index (χ0) is 13.6. The molecule has 0 spiro atoms. The van der Waals surface area contributed by atoms with Crippen LogP contribution in [0.5, 0.6) is 0 Å². The Morgan fingerprint density at radius 3 is 2.42 bits per heavy atom. The summed E-state index contributed by atoms with van der Waals surface area (Å²) >= 11 is 9.15. The standard InChI is InChI=1S/C15H15Br2NS/c1-8-6-10(16)14(11(17)7-8)12-4-5-13(19-12)15(18)9-2-3-9/h4-7,9,15H,2-3,18H2,1H3. The van der Waals surface area contributed by atoms with Gasteiger partial charge in [-0.25, -0.2) is 0 Å². The van der Waals surface area contributed by atoms with Crippen LogP contribution in [0.15, 0.2) is 33.2 Å². The van der Waals surface area contributed by atoms with Gasteiger partial charge >= 0.3 is 0 Å². The Morgan fingerprint density at radius 2 is 1.84 bits per heavy atom. The van der Waals surface area contributed by atoms with Crippen LogP contribution in [-0.2, 0) is 0 Å². The Bertz CT molecular complexity index is 593. The molecule has 1 unspecified atom stereocenters. The lowest BCUT2D eigenvalue weighted by Gasteiger charge is -2.08. The molecule has 0 amide bonds. The first-order valence-electron chi connectivity index (χ1n) is 6.37. The Hall–Kier alpha value is -0.160. The van der Waals surface area contributed by atoms with Gasteiger partial charge in [-0.15, -0.1) is 11.3 Å². The van der Waals surface area contributed by atoms with Gasteiger partial charge in [-0.2, -0.15) is 0 Å². The summed E-state index contributed by atoms with van der Waals surface area (Å²) < 4.78 is 2.26. The van der Waals surface area contributed by atoms with Gasteiger partial charge in [0, 0.05) is 30.3 Å². The molecule has 0 saturated heterocycles. The number of halogens is 2. The maximum absolute atomic E-state index is 6.28. The average molecular weight is 401 g/mol. The largest absolute Gasteiger partial charge is 0.323 e. The van der Waals surface area contributed by atoms with E-state index in [1.165, 1.54) is 33.7 Å². The highest BCUT2D eigenvalue weighted by Gasteiger charge is 2.30. The second-order valence-electron chi connectivity index (χ2n) is 5.17. The second-order valence-corrected chi connectivity index (χ2v) is 7.99. The van der Waals surface area contributed by atoms with Crippen LogP contribution in [0.25, 0.3) is 10.4 Å². The predicted molar refractivity (Wildman–Crippen MR) is 89.5 cm³/mol. The van der Waals surface area contributed by atoms with Gasteiger partial charge in [0.1, 0.15) is 0 Å². The van der Waals surface area contributed by atoms with E-state index in [4.69, 9.17) is 5.73 Å². The zero-order valence-electron chi connectivity index (χ0n) is 10.6. The van der Waals surface area contributed by atoms with Crippen molar-refractivity contribution in [2.75, 3.05) is 0 Å². The molecular formula is C15H15Br2NS. The Balaban J connectivity index is 1.98. The molecule has 1 fully saturated rings. The van der Waals surface area contributed by atoms with Gasteiger partial charge in [-0.05, 0) is 55.5 Å². The lowest BCUT2D eigenvalue weighted by atomic mass is 10.1. The predicted octanol–water partition coefficient (Wildman–Crippen LogP) is 5.66. The molecule has 0 bridgehead atoms. The van der Waals surface area contributed by atoms with E-state index in [1.54, 1.807) is 0 Å². The first kappa shape index (κ1) is 13.8. The molecule has 3 rings (SSSR count). The molecule has 2 N–H and O–H groups in total. The van der Waals surface area contributed by atoms with E-state index < -0.39 is 0 Å². The highest BCUT2D eigenvalue weighted by atomic mass is 79.9. The van der Waals surface area contributed by atoms with E-state index in [0.717, 1.165) is 8.95 Å². The van der Waals surface area contributed by atoms with Crippen molar-refractivity contribution in [3.63, 3.8) is 0 Å². The quantitative estimate of drug-likeness (QED) is 0.706. The molecule has 1 aliphatic carbocycles. The van der Waals surface area contributed by atoms with E-state index >= 15 is 0 Å².